The van der Waals surface area contributed by atoms with Gasteiger partial charge in [-0.05, 0) is 61.7 Å². The number of halogens is 1. The molecule has 0 radical (unpaired) electrons. The standard InChI is InChI=1S/C18H23BrN4O5S/c1-18(2,3)28-17(24)23-10-4-5-11(23)9-22(8-10)16-21-14-7-12(29(20,25)26)6-13(19)15(14)27-16/h6-7,10-11H,4-5,8-9H2,1-3H3,(H2,20,25,26). The number of anilines is 1. The Hall–Kier alpha value is -1.85. The van der Waals surface area contributed by atoms with Gasteiger partial charge in [-0.2, -0.15) is 4.98 Å². The number of benzene rings is 1. The monoisotopic (exact) mass is 486 g/mol. The predicted octanol–water partition coefficient (Wildman–Crippen LogP) is 2.83. The van der Waals surface area contributed by atoms with Crippen LogP contribution in [-0.4, -0.2) is 55.2 Å². The summed E-state index contributed by atoms with van der Waals surface area (Å²) in [5.74, 6) is 0. The van der Waals surface area contributed by atoms with E-state index in [-0.39, 0.29) is 23.1 Å². The Bertz CT molecular complexity index is 1060. The number of primary sulfonamides is 1. The number of sulfonamides is 1. The van der Waals surface area contributed by atoms with Crippen LogP contribution in [-0.2, 0) is 14.8 Å². The molecule has 0 saturated carbocycles. The summed E-state index contributed by atoms with van der Waals surface area (Å²) in [6.07, 6.45) is 1.49. The summed E-state index contributed by atoms with van der Waals surface area (Å²) in [4.78, 5) is 20.9. The van der Waals surface area contributed by atoms with Crippen LogP contribution in [0.4, 0.5) is 10.8 Å². The van der Waals surface area contributed by atoms with Crippen molar-refractivity contribution < 1.29 is 22.4 Å². The van der Waals surface area contributed by atoms with E-state index < -0.39 is 15.6 Å². The molecule has 11 heteroatoms. The van der Waals surface area contributed by atoms with Crippen molar-refractivity contribution in [1.82, 2.24) is 9.88 Å². The van der Waals surface area contributed by atoms with E-state index in [2.05, 4.69) is 20.9 Å². The van der Waals surface area contributed by atoms with Crippen LogP contribution in [0.15, 0.2) is 25.9 Å². The van der Waals surface area contributed by atoms with Gasteiger partial charge in [0.25, 0.3) is 6.01 Å². The maximum absolute atomic E-state index is 12.6. The number of oxazole rings is 1. The molecule has 9 nitrogen and oxygen atoms in total. The molecule has 158 valence electrons. The molecule has 4 rings (SSSR count). The summed E-state index contributed by atoms with van der Waals surface area (Å²) >= 11 is 3.33. The molecule has 2 fully saturated rings. The molecule has 2 aliphatic rings. The number of aromatic nitrogens is 1. The maximum Gasteiger partial charge on any atom is 0.410 e. The molecule has 0 aliphatic carbocycles. The highest BCUT2D eigenvalue weighted by atomic mass is 79.9. The van der Waals surface area contributed by atoms with Crippen LogP contribution in [0.5, 0.6) is 0 Å². The average molecular weight is 487 g/mol. The molecule has 1 amide bonds. The smallest absolute Gasteiger partial charge is 0.410 e. The molecule has 29 heavy (non-hydrogen) atoms. The van der Waals surface area contributed by atoms with Crippen molar-refractivity contribution in [3.8, 4) is 0 Å². The topological polar surface area (TPSA) is 119 Å². The highest BCUT2D eigenvalue weighted by Gasteiger charge is 2.45. The summed E-state index contributed by atoms with van der Waals surface area (Å²) in [5, 5.41) is 5.23. The Balaban J connectivity index is 1.59. The first kappa shape index (κ1) is 20.4. The minimum absolute atomic E-state index is 0.0158. The Morgan fingerprint density at radius 3 is 2.45 bits per heavy atom. The Labute approximate surface area is 177 Å². The number of hydrogen-bond donors (Lipinski definition) is 1. The number of hydrogen-bond acceptors (Lipinski definition) is 7. The second kappa shape index (κ2) is 6.85. The van der Waals surface area contributed by atoms with Gasteiger partial charge in [-0.3, -0.25) is 4.90 Å². The van der Waals surface area contributed by atoms with Gasteiger partial charge in [-0.25, -0.2) is 18.4 Å². The van der Waals surface area contributed by atoms with Gasteiger partial charge in [0.05, 0.1) is 21.5 Å². The highest BCUT2D eigenvalue weighted by Crippen LogP contribution is 2.36. The number of nitrogens with zero attached hydrogens (tertiary/aromatic N) is 3. The fourth-order valence-corrected chi connectivity index (χ4v) is 5.17. The molecule has 2 unspecified atom stereocenters. The molecule has 1 aromatic heterocycles. The van der Waals surface area contributed by atoms with Crippen molar-refractivity contribution >= 4 is 49.2 Å². The number of rotatable bonds is 2. The lowest BCUT2D eigenvalue weighted by Gasteiger charge is -2.40. The summed E-state index contributed by atoms with van der Waals surface area (Å²) in [7, 11) is -3.86. The van der Waals surface area contributed by atoms with Gasteiger partial charge in [0.2, 0.25) is 10.0 Å². The zero-order valence-corrected chi connectivity index (χ0v) is 18.8. The van der Waals surface area contributed by atoms with E-state index in [1.165, 1.54) is 12.1 Å². The largest absolute Gasteiger partial charge is 0.444 e. The third-order valence-electron chi connectivity index (χ3n) is 5.09. The van der Waals surface area contributed by atoms with Crippen molar-refractivity contribution in [3.63, 3.8) is 0 Å². The third-order valence-corrected chi connectivity index (χ3v) is 6.57. The third kappa shape index (κ3) is 3.95. The van der Waals surface area contributed by atoms with Crippen molar-refractivity contribution in [1.29, 1.82) is 0 Å². The summed E-state index contributed by atoms with van der Waals surface area (Å²) in [6, 6.07) is 3.22. The first-order chi connectivity index (χ1) is 13.4. The van der Waals surface area contributed by atoms with Crippen molar-refractivity contribution in [2.75, 3.05) is 18.0 Å². The second-order valence-electron chi connectivity index (χ2n) is 8.47. The Morgan fingerprint density at radius 1 is 1.28 bits per heavy atom. The van der Waals surface area contributed by atoms with Gasteiger partial charge in [-0.1, -0.05) is 0 Å². The van der Waals surface area contributed by atoms with Crippen LogP contribution in [0.3, 0.4) is 0 Å². The van der Waals surface area contributed by atoms with Crippen molar-refractivity contribution in [2.24, 2.45) is 5.14 Å². The zero-order chi connectivity index (χ0) is 21.1. The van der Waals surface area contributed by atoms with E-state index in [1.807, 2.05) is 30.6 Å². The molecule has 2 bridgehead atoms. The Kier molecular flexibility index (Phi) is 4.82. The van der Waals surface area contributed by atoms with E-state index in [1.54, 1.807) is 0 Å². The van der Waals surface area contributed by atoms with E-state index in [9.17, 15) is 13.2 Å². The molecular formula is C18H23BrN4O5S. The minimum atomic E-state index is -3.86. The van der Waals surface area contributed by atoms with E-state index in [0.29, 0.717) is 34.7 Å². The van der Waals surface area contributed by atoms with E-state index in [4.69, 9.17) is 14.3 Å². The van der Waals surface area contributed by atoms with Crippen LogP contribution >= 0.6 is 15.9 Å². The van der Waals surface area contributed by atoms with E-state index in [0.717, 1.165) is 12.8 Å². The second-order valence-corrected chi connectivity index (χ2v) is 10.9. The van der Waals surface area contributed by atoms with Crippen LogP contribution in [0.2, 0.25) is 0 Å². The van der Waals surface area contributed by atoms with Gasteiger partial charge in [-0.15, -0.1) is 0 Å². The molecule has 2 aliphatic heterocycles. The quantitative estimate of drug-likeness (QED) is 0.692. The fourth-order valence-electron chi connectivity index (χ4n) is 3.93. The van der Waals surface area contributed by atoms with Crippen LogP contribution < -0.4 is 10.0 Å². The van der Waals surface area contributed by atoms with Gasteiger partial charge < -0.3 is 14.1 Å². The lowest BCUT2D eigenvalue weighted by molar-refractivity contribution is 0.0120. The summed E-state index contributed by atoms with van der Waals surface area (Å²) in [6.45, 7) is 6.71. The predicted molar refractivity (Wildman–Crippen MR) is 110 cm³/mol. The molecule has 0 spiro atoms. The number of carbonyl (C=O) groups is 1. The maximum atomic E-state index is 12.6. The number of amides is 1. The van der Waals surface area contributed by atoms with Gasteiger partial charge in [0, 0.05) is 13.1 Å². The first-order valence-electron chi connectivity index (χ1n) is 9.31. The van der Waals surface area contributed by atoms with Crippen molar-refractivity contribution in [3.05, 3.63) is 16.6 Å². The molecular weight excluding hydrogens is 464 g/mol. The number of fused-ring (bicyclic) bond motifs is 3. The molecule has 3 heterocycles. The molecule has 2 N–H and O–H groups in total. The SMILES string of the molecule is CC(C)(C)OC(=O)N1C2CCC1CN(c1nc3cc(S(N)(=O)=O)cc(Br)c3o1)C2. The summed E-state index contributed by atoms with van der Waals surface area (Å²) in [5.41, 5.74) is 0.316. The lowest BCUT2D eigenvalue weighted by atomic mass is 10.2. The van der Waals surface area contributed by atoms with Gasteiger partial charge >= 0.3 is 6.09 Å². The Morgan fingerprint density at radius 2 is 1.90 bits per heavy atom. The normalized spacial score (nSPS) is 22.4. The fraction of sp³-hybridized carbons (Fsp3) is 0.556. The number of carbonyl (C=O) groups excluding carboxylic acids is 1. The summed E-state index contributed by atoms with van der Waals surface area (Å²) < 4.78 is 35.3. The highest BCUT2D eigenvalue weighted by molar-refractivity contribution is 9.10. The average Bonchev–Trinajstić information content (AvgIpc) is 3.12. The van der Waals surface area contributed by atoms with Crippen molar-refractivity contribution in [2.45, 2.75) is 56.2 Å². The van der Waals surface area contributed by atoms with Gasteiger partial charge in [0.15, 0.2) is 5.58 Å². The van der Waals surface area contributed by atoms with Crippen LogP contribution in [0.1, 0.15) is 33.6 Å². The zero-order valence-electron chi connectivity index (χ0n) is 16.4. The molecule has 2 atom stereocenters. The lowest BCUT2D eigenvalue weighted by Crippen LogP contribution is -2.56. The van der Waals surface area contributed by atoms with Crippen LogP contribution in [0.25, 0.3) is 11.1 Å². The minimum Gasteiger partial charge on any atom is -0.444 e. The molecule has 1 aromatic carbocycles. The molecule has 2 saturated heterocycles. The van der Waals surface area contributed by atoms with Gasteiger partial charge in [0.1, 0.15) is 11.1 Å². The first-order valence-corrected chi connectivity index (χ1v) is 11.7. The number of nitrogens with two attached hydrogens (primary N) is 1. The number of ether oxygens (including phenoxy) is 1. The molecule has 2 aromatic rings. The number of piperazine rings is 1. The van der Waals surface area contributed by atoms with Crippen LogP contribution in [0, 0.1) is 0 Å². The van der Waals surface area contributed by atoms with E-state index >= 15 is 0 Å².